The molecule has 0 aliphatic carbocycles. The number of amides is 2. The normalized spacial score (nSPS) is 21.2. The molecule has 22 heavy (non-hydrogen) atoms. The predicted octanol–water partition coefficient (Wildman–Crippen LogP) is 0.301. The van der Waals surface area contributed by atoms with Crippen molar-refractivity contribution in [3.8, 4) is 0 Å². The molecule has 0 bridgehead atoms. The van der Waals surface area contributed by atoms with Crippen LogP contribution in [0.15, 0.2) is 4.52 Å². The van der Waals surface area contributed by atoms with Crippen molar-refractivity contribution in [1.29, 1.82) is 0 Å². The molecule has 0 aromatic carbocycles. The Morgan fingerprint density at radius 1 is 1.41 bits per heavy atom. The van der Waals surface area contributed by atoms with Crippen LogP contribution in [0.5, 0.6) is 0 Å². The van der Waals surface area contributed by atoms with E-state index < -0.39 is 0 Å². The number of aromatic nitrogens is 1. The van der Waals surface area contributed by atoms with Crippen LogP contribution in [0.1, 0.15) is 17.0 Å². The maximum Gasteiger partial charge on any atom is 0.227 e. The summed E-state index contributed by atoms with van der Waals surface area (Å²) in [6.45, 7) is 5.05. The number of carbonyl (C=O) groups excluding carboxylic acids is 2. The molecule has 1 N–H and O–H groups in total. The zero-order valence-corrected chi connectivity index (χ0v) is 13.5. The number of rotatable bonds is 5. The van der Waals surface area contributed by atoms with Crippen LogP contribution in [0.3, 0.4) is 0 Å². The van der Waals surface area contributed by atoms with Gasteiger partial charge in [-0.05, 0) is 13.8 Å². The van der Waals surface area contributed by atoms with Crippen LogP contribution in [-0.4, -0.2) is 55.7 Å². The minimum Gasteiger partial charge on any atom is -0.384 e. The van der Waals surface area contributed by atoms with Gasteiger partial charge >= 0.3 is 0 Å². The van der Waals surface area contributed by atoms with Crippen LogP contribution in [0.2, 0.25) is 0 Å². The topological polar surface area (TPSA) is 84.7 Å². The van der Waals surface area contributed by atoms with E-state index in [1.807, 2.05) is 6.92 Å². The minimum absolute atomic E-state index is 0.0121. The van der Waals surface area contributed by atoms with Crippen molar-refractivity contribution in [2.45, 2.75) is 20.3 Å². The molecule has 0 unspecified atom stereocenters. The molecular formula is C15H23N3O4. The summed E-state index contributed by atoms with van der Waals surface area (Å²) in [7, 11) is 3.22. The Morgan fingerprint density at radius 2 is 2.14 bits per heavy atom. The Balaban J connectivity index is 2.06. The lowest BCUT2D eigenvalue weighted by Gasteiger charge is -2.16. The molecule has 1 aromatic rings. The van der Waals surface area contributed by atoms with E-state index in [1.54, 1.807) is 26.0 Å². The zero-order valence-electron chi connectivity index (χ0n) is 13.5. The number of aryl methyl sites for hydroxylation is 2. The molecule has 0 saturated carbocycles. The summed E-state index contributed by atoms with van der Waals surface area (Å²) in [5, 5.41) is 6.53. The Bertz CT molecular complexity index is 535. The van der Waals surface area contributed by atoms with Crippen molar-refractivity contribution >= 4 is 11.8 Å². The monoisotopic (exact) mass is 309 g/mol. The summed E-state index contributed by atoms with van der Waals surface area (Å²) < 4.78 is 10.3. The summed E-state index contributed by atoms with van der Waals surface area (Å²) in [4.78, 5) is 26.2. The molecule has 122 valence electrons. The second kappa shape index (κ2) is 6.91. The highest BCUT2D eigenvalue weighted by Crippen LogP contribution is 2.25. The summed E-state index contributed by atoms with van der Waals surface area (Å²) in [5.74, 6) is 0.412. The van der Waals surface area contributed by atoms with Crippen molar-refractivity contribution in [2.75, 3.05) is 33.9 Å². The molecule has 1 aliphatic heterocycles. The van der Waals surface area contributed by atoms with Crippen LogP contribution in [-0.2, 0) is 20.7 Å². The summed E-state index contributed by atoms with van der Waals surface area (Å²) in [5.41, 5.74) is 1.57. The predicted molar refractivity (Wildman–Crippen MR) is 79.2 cm³/mol. The number of hydrogen-bond donors (Lipinski definition) is 1. The molecule has 0 radical (unpaired) electrons. The van der Waals surface area contributed by atoms with Crippen LogP contribution in [0.4, 0.5) is 0 Å². The summed E-state index contributed by atoms with van der Waals surface area (Å²) in [6.07, 6.45) is 0.251. The number of nitrogens with zero attached hydrogens (tertiary/aromatic N) is 2. The van der Waals surface area contributed by atoms with E-state index >= 15 is 0 Å². The van der Waals surface area contributed by atoms with Gasteiger partial charge in [0.1, 0.15) is 5.76 Å². The first kappa shape index (κ1) is 16.5. The minimum atomic E-state index is -0.224. The molecule has 2 rings (SSSR count). The largest absolute Gasteiger partial charge is 0.384 e. The van der Waals surface area contributed by atoms with Crippen LogP contribution >= 0.6 is 0 Å². The molecule has 2 heterocycles. The van der Waals surface area contributed by atoms with Crippen molar-refractivity contribution in [3.05, 3.63) is 17.0 Å². The molecule has 0 spiro atoms. The number of ether oxygens (including phenoxy) is 1. The molecular weight excluding hydrogens is 286 g/mol. The van der Waals surface area contributed by atoms with Crippen LogP contribution < -0.4 is 5.32 Å². The average Bonchev–Trinajstić information content (AvgIpc) is 3.05. The van der Waals surface area contributed by atoms with Gasteiger partial charge in [-0.25, -0.2) is 0 Å². The van der Waals surface area contributed by atoms with E-state index in [0.717, 1.165) is 11.3 Å². The van der Waals surface area contributed by atoms with Crippen molar-refractivity contribution in [3.63, 3.8) is 0 Å². The lowest BCUT2D eigenvalue weighted by molar-refractivity contribution is -0.130. The SMILES string of the molecule is CNC(=O)[C@@H]1CN(C(=O)Cc2c(C)noc2C)C[C@H]1COC. The molecule has 2 atom stereocenters. The van der Waals surface area contributed by atoms with Gasteiger partial charge in [0, 0.05) is 38.7 Å². The van der Waals surface area contributed by atoms with Gasteiger partial charge in [0.15, 0.2) is 0 Å². The molecule has 2 amide bonds. The van der Waals surface area contributed by atoms with Crippen LogP contribution in [0.25, 0.3) is 0 Å². The van der Waals surface area contributed by atoms with E-state index in [9.17, 15) is 9.59 Å². The van der Waals surface area contributed by atoms with Crippen LogP contribution in [0, 0.1) is 25.7 Å². The van der Waals surface area contributed by atoms with Gasteiger partial charge in [-0.2, -0.15) is 0 Å². The van der Waals surface area contributed by atoms with Gasteiger partial charge in [0.05, 0.1) is 24.6 Å². The van der Waals surface area contributed by atoms with Gasteiger partial charge in [-0.1, -0.05) is 5.16 Å². The lowest BCUT2D eigenvalue weighted by atomic mass is 9.96. The highest BCUT2D eigenvalue weighted by Gasteiger charge is 2.39. The average molecular weight is 309 g/mol. The number of hydrogen-bond acceptors (Lipinski definition) is 5. The highest BCUT2D eigenvalue weighted by atomic mass is 16.5. The van der Waals surface area contributed by atoms with E-state index in [2.05, 4.69) is 10.5 Å². The molecule has 1 fully saturated rings. The summed E-state index contributed by atoms with van der Waals surface area (Å²) in [6, 6.07) is 0. The van der Waals surface area contributed by atoms with E-state index in [1.165, 1.54) is 0 Å². The molecule has 7 heteroatoms. The maximum absolute atomic E-state index is 12.5. The second-order valence-corrected chi connectivity index (χ2v) is 5.71. The van der Waals surface area contributed by atoms with Gasteiger partial charge in [-0.15, -0.1) is 0 Å². The number of likely N-dealkylation sites (tertiary alicyclic amines) is 1. The molecule has 7 nitrogen and oxygen atoms in total. The maximum atomic E-state index is 12.5. The number of carbonyl (C=O) groups is 2. The zero-order chi connectivity index (χ0) is 16.3. The fourth-order valence-corrected chi connectivity index (χ4v) is 2.96. The van der Waals surface area contributed by atoms with Gasteiger partial charge < -0.3 is 19.5 Å². The fourth-order valence-electron chi connectivity index (χ4n) is 2.96. The number of methoxy groups -OCH3 is 1. The molecule has 1 aromatic heterocycles. The first-order valence-corrected chi connectivity index (χ1v) is 7.38. The molecule has 1 aliphatic rings. The third-order valence-electron chi connectivity index (χ3n) is 4.27. The van der Waals surface area contributed by atoms with E-state index in [-0.39, 0.29) is 30.1 Å². The molecule has 1 saturated heterocycles. The Morgan fingerprint density at radius 3 is 2.68 bits per heavy atom. The Kier molecular flexibility index (Phi) is 5.18. The standard InChI is InChI=1S/C15H23N3O4/c1-9-12(10(2)22-17-9)5-14(19)18-6-11(8-21-4)13(7-18)15(20)16-3/h11,13H,5-8H2,1-4H3,(H,16,20)/t11-,13+/m0/s1. The van der Waals surface area contributed by atoms with Crippen molar-refractivity contribution in [2.24, 2.45) is 11.8 Å². The first-order chi connectivity index (χ1) is 10.5. The van der Waals surface area contributed by atoms with Crippen molar-refractivity contribution in [1.82, 2.24) is 15.4 Å². The first-order valence-electron chi connectivity index (χ1n) is 7.38. The quantitative estimate of drug-likeness (QED) is 0.845. The Hall–Kier alpha value is -1.89. The third kappa shape index (κ3) is 3.30. The third-order valence-corrected chi connectivity index (χ3v) is 4.27. The summed E-state index contributed by atoms with van der Waals surface area (Å²) >= 11 is 0. The highest BCUT2D eigenvalue weighted by molar-refractivity contribution is 5.83. The number of nitrogens with one attached hydrogen (secondary N) is 1. The van der Waals surface area contributed by atoms with Crippen molar-refractivity contribution < 1.29 is 18.8 Å². The van der Waals surface area contributed by atoms with Gasteiger partial charge in [0.2, 0.25) is 11.8 Å². The Labute approximate surface area is 130 Å². The fraction of sp³-hybridized carbons (Fsp3) is 0.667. The smallest absolute Gasteiger partial charge is 0.227 e. The van der Waals surface area contributed by atoms with E-state index in [0.29, 0.717) is 25.5 Å². The van der Waals surface area contributed by atoms with Gasteiger partial charge in [-0.3, -0.25) is 9.59 Å². The lowest BCUT2D eigenvalue weighted by Crippen LogP contribution is -2.35. The second-order valence-electron chi connectivity index (χ2n) is 5.71. The van der Waals surface area contributed by atoms with Gasteiger partial charge in [0.25, 0.3) is 0 Å². The van der Waals surface area contributed by atoms with E-state index in [4.69, 9.17) is 9.26 Å².